The zero-order valence-corrected chi connectivity index (χ0v) is 5.16. The number of rotatable bonds is 1. The highest BCUT2D eigenvalue weighted by Crippen LogP contribution is 2.38. The van der Waals surface area contributed by atoms with Gasteiger partial charge in [0.1, 0.15) is 0 Å². The lowest BCUT2D eigenvalue weighted by molar-refractivity contribution is -0.230. The molecule has 0 aromatic carbocycles. The van der Waals surface area contributed by atoms with Crippen LogP contribution in [-0.4, -0.2) is 19.3 Å². The molecule has 2 N–H and O–H groups in total. The summed E-state index contributed by atoms with van der Waals surface area (Å²) in [7, 11) is 0. The van der Waals surface area contributed by atoms with Crippen molar-refractivity contribution in [1.82, 2.24) is 0 Å². The smallest absolute Gasteiger partial charge is 0.309 e. The van der Waals surface area contributed by atoms with Crippen molar-refractivity contribution < 1.29 is 13.5 Å². The molecule has 0 atom stereocenters. The molecule has 54 valence electrons. The molecule has 2 nitrogen and oxygen atoms in total. The second-order valence-electron chi connectivity index (χ2n) is 2.68. The Labute approximate surface area is 52.0 Å². The third-order valence-electron chi connectivity index (χ3n) is 1.65. The SMILES string of the molecule is CC1(C(N)(F)F)COC1. The van der Waals surface area contributed by atoms with Gasteiger partial charge in [0.2, 0.25) is 0 Å². The average Bonchev–Trinajstić information content (AvgIpc) is 1.57. The van der Waals surface area contributed by atoms with E-state index in [0.717, 1.165) is 0 Å². The largest absolute Gasteiger partial charge is 0.380 e. The molecule has 0 aromatic rings. The Hall–Kier alpha value is -0.220. The molecule has 1 saturated heterocycles. The summed E-state index contributed by atoms with van der Waals surface area (Å²) in [6.45, 7) is 1.55. The first-order chi connectivity index (χ1) is 3.96. The number of hydrogen-bond donors (Lipinski definition) is 1. The molecule has 0 bridgehead atoms. The van der Waals surface area contributed by atoms with Crippen molar-refractivity contribution in [2.75, 3.05) is 13.2 Å². The lowest BCUT2D eigenvalue weighted by atomic mass is 9.86. The third kappa shape index (κ3) is 0.923. The van der Waals surface area contributed by atoms with Crippen molar-refractivity contribution in [3.63, 3.8) is 0 Å². The lowest BCUT2D eigenvalue weighted by Gasteiger charge is -2.41. The summed E-state index contributed by atoms with van der Waals surface area (Å²) < 4.78 is 29.1. The Morgan fingerprint density at radius 2 is 2.00 bits per heavy atom. The average molecular weight is 137 g/mol. The van der Waals surface area contributed by atoms with Crippen LogP contribution in [0.5, 0.6) is 0 Å². The van der Waals surface area contributed by atoms with Gasteiger partial charge >= 0.3 is 6.05 Å². The van der Waals surface area contributed by atoms with Gasteiger partial charge in [0.25, 0.3) is 0 Å². The van der Waals surface area contributed by atoms with Crippen LogP contribution in [0.1, 0.15) is 6.92 Å². The normalized spacial score (nSPS) is 25.3. The van der Waals surface area contributed by atoms with Gasteiger partial charge in [-0.2, -0.15) is 8.78 Å². The monoisotopic (exact) mass is 137 g/mol. The Bertz CT molecular complexity index is 117. The van der Waals surface area contributed by atoms with Gasteiger partial charge in [-0.3, -0.25) is 5.73 Å². The van der Waals surface area contributed by atoms with Crippen LogP contribution < -0.4 is 5.73 Å². The van der Waals surface area contributed by atoms with Crippen LogP contribution in [0.15, 0.2) is 0 Å². The van der Waals surface area contributed by atoms with E-state index in [4.69, 9.17) is 0 Å². The van der Waals surface area contributed by atoms with Gasteiger partial charge in [-0.05, 0) is 6.92 Å². The fraction of sp³-hybridized carbons (Fsp3) is 1.00. The van der Waals surface area contributed by atoms with Crippen LogP contribution in [0, 0.1) is 5.41 Å². The maximum atomic E-state index is 12.2. The summed E-state index contributed by atoms with van der Waals surface area (Å²) in [4.78, 5) is 0. The van der Waals surface area contributed by atoms with E-state index in [-0.39, 0.29) is 13.2 Å². The van der Waals surface area contributed by atoms with Crippen molar-refractivity contribution >= 4 is 0 Å². The van der Waals surface area contributed by atoms with Gasteiger partial charge in [0.15, 0.2) is 0 Å². The summed E-state index contributed by atoms with van der Waals surface area (Å²) in [5.41, 5.74) is 3.44. The van der Waals surface area contributed by atoms with Gasteiger partial charge in [0, 0.05) is 0 Å². The molecule has 0 aliphatic carbocycles. The fourth-order valence-corrected chi connectivity index (χ4v) is 0.601. The maximum Gasteiger partial charge on any atom is 0.309 e. The second kappa shape index (κ2) is 1.64. The summed E-state index contributed by atoms with van der Waals surface area (Å²) in [5, 5.41) is 0. The summed E-state index contributed by atoms with van der Waals surface area (Å²) in [6.07, 6.45) is 0. The second-order valence-corrected chi connectivity index (χ2v) is 2.68. The maximum absolute atomic E-state index is 12.2. The van der Waals surface area contributed by atoms with E-state index in [9.17, 15) is 8.78 Å². The number of halogens is 2. The van der Waals surface area contributed by atoms with Gasteiger partial charge in [0.05, 0.1) is 18.6 Å². The number of alkyl halides is 2. The summed E-state index contributed by atoms with van der Waals surface area (Å²) in [6, 6.07) is -3.09. The van der Waals surface area contributed by atoms with Crippen molar-refractivity contribution in [3.05, 3.63) is 0 Å². The molecule has 0 aromatic heterocycles. The Morgan fingerprint density at radius 1 is 1.56 bits per heavy atom. The van der Waals surface area contributed by atoms with Crippen LogP contribution in [0.25, 0.3) is 0 Å². The minimum absolute atomic E-state index is 0.0660. The molecule has 1 fully saturated rings. The molecule has 1 aliphatic heterocycles. The molecule has 0 amide bonds. The van der Waals surface area contributed by atoms with Gasteiger partial charge in [-0.25, -0.2) is 0 Å². The molecule has 0 saturated carbocycles. The predicted molar refractivity (Wildman–Crippen MR) is 28.1 cm³/mol. The molecule has 0 unspecified atom stereocenters. The highest BCUT2D eigenvalue weighted by atomic mass is 19.3. The first-order valence-corrected chi connectivity index (χ1v) is 2.70. The summed E-state index contributed by atoms with van der Waals surface area (Å²) >= 11 is 0. The van der Waals surface area contributed by atoms with Crippen LogP contribution >= 0.6 is 0 Å². The first kappa shape index (κ1) is 6.89. The van der Waals surface area contributed by atoms with Gasteiger partial charge < -0.3 is 4.74 Å². The van der Waals surface area contributed by atoms with Crippen LogP contribution in [0.4, 0.5) is 8.78 Å². The highest BCUT2D eigenvalue weighted by Gasteiger charge is 2.52. The molecular weight excluding hydrogens is 128 g/mol. The Morgan fingerprint density at radius 3 is 2.00 bits per heavy atom. The van der Waals surface area contributed by atoms with Crippen LogP contribution in [0.2, 0.25) is 0 Å². The zero-order valence-electron chi connectivity index (χ0n) is 5.16. The van der Waals surface area contributed by atoms with Crippen LogP contribution in [0.3, 0.4) is 0 Å². The van der Waals surface area contributed by atoms with Crippen molar-refractivity contribution in [2.24, 2.45) is 11.1 Å². The minimum Gasteiger partial charge on any atom is -0.380 e. The quantitative estimate of drug-likeness (QED) is 0.536. The molecule has 0 spiro atoms. The third-order valence-corrected chi connectivity index (χ3v) is 1.65. The van der Waals surface area contributed by atoms with E-state index >= 15 is 0 Å². The van der Waals surface area contributed by atoms with E-state index in [1.165, 1.54) is 6.92 Å². The molecule has 1 heterocycles. The number of hydrogen-bond acceptors (Lipinski definition) is 2. The van der Waals surface area contributed by atoms with E-state index in [2.05, 4.69) is 10.5 Å². The van der Waals surface area contributed by atoms with E-state index in [0.29, 0.717) is 0 Å². The standard InChI is InChI=1S/C5H9F2NO/c1-4(2-9-3-4)5(6,7)8/h2-3,8H2,1H3. The van der Waals surface area contributed by atoms with Gasteiger partial charge in [-0.1, -0.05) is 0 Å². The van der Waals surface area contributed by atoms with Crippen molar-refractivity contribution in [1.29, 1.82) is 0 Å². The molecule has 4 heteroatoms. The van der Waals surface area contributed by atoms with Gasteiger partial charge in [-0.15, -0.1) is 0 Å². The molecule has 0 radical (unpaired) electrons. The molecule has 1 rings (SSSR count). The van der Waals surface area contributed by atoms with E-state index in [1.807, 2.05) is 0 Å². The van der Waals surface area contributed by atoms with Crippen LogP contribution in [-0.2, 0) is 4.74 Å². The Balaban J connectivity index is 2.59. The zero-order chi connectivity index (χ0) is 7.12. The molecule has 9 heavy (non-hydrogen) atoms. The lowest BCUT2D eigenvalue weighted by Crippen LogP contribution is -2.58. The first-order valence-electron chi connectivity index (χ1n) is 2.70. The minimum atomic E-state index is -3.09. The Kier molecular flexibility index (Phi) is 1.25. The summed E-state index contributed by atoms with van der Waals surface area (Å²) in [5.74, 6) is 0. The molecular formula is C5H9F2NO. The molecule has 1 aliphatic rings. The van der Waals surface area contributed by atoms with E-state index in [1.54, 1.807) is 0 Å². The number of nitrogens with two attached hydrogens (primary N) is 1. The van der Waals surface area contributed by atoms with Crippen molar-refractivity contribution in [2.45, 2.75) is 13.0 Å². The predicted octanol–water partition coefficient (Wildman–Crippen LogP) is 0.574. The van der Waals surface area contributed by atoms with Crippen molar-refractivity contribution in [3.8, 4) is 0 Å². The fourth-order valence-electron chi connectivity index (χ4n) is 0.601. The number of ether oxygens (including phenoxy) is 1. The highest BCUT2D eigenvalue weighted by molar-refractivity contribution is 4.89. The van der Waals surface area contributed by atoms with E-state index < -0.39 is 11.5 Å². The topological polar surface area (TPSA) is 35.2 Å².